The maximum atomic E-state index is 13.4. The van der Waals surface area contributed by atoms with E-state index in [2.05, 4.69) is 16.0 Å². The lowest BCUT2D eigenvalue weighted by Crippen LogP contribution is -2.58. The van der Waals surface area contributed by atoms with Crippen LogP contribution in [-0.4, -0.2) is 99.4 Å². The summed E-state index contributed by atoms with van der Waals surface area (Å²) in [6.07, 6.45) is 4.11. The molecule has 0 saturated carbocycles. The van der Waals surface area contributed by atoms with Gasteiger partial charge in [-0.1, -0.05) is 13.8 Å². The van der Waals surface area contributed by atoms with Crippen LogP contribution in [-0.2, 0) is 34.8 Å². The number of hydrogen-bond donors (Lipinski definition) is 3. The molecule has 35 heavy (non-hydrogen) atoms. The summed E-state index contributed by atoms with van der Waals surface area (Å²) < 4.78 is 11.3. The Labute approximate surface area is 208 Å². The topological polar surface area (TPSA) is 145 Å². The number of carbonyl (C=O) groups is 5. The van der Waals surface area contributed by atoms with E-state index in [1.54, 1.807) is 25.0 Å². The highest BCUT2D eigenvalue weighted by Gasteiger charge is 2.44. The van der Waals surface area contributed by atoms with E-state index >= 15 is 0 Å². The standard InChI is InChI=1S/C23H37N5O6S/c1-14(2)19-22(32)25-15(20(30)24-9-6-12-35(3)34)13-18(29)27-10-5-8-17(27)23(33)28-11-4-7-16(28)21(31)26-19/h14-17,19H,4-13H2,1-3H3,(H,24,30)(H,25,32)(H,26,31)/t15-,16+,17-,19-,35?/m0/s1. The monoisotopic (exact) mass is 511 g/mol. The minimum Gasteiger partial charge on any atom is -0.354 e. The molecule has 3 fully saturated rings. The first-order chi connectivity index (χ1) is 16.6. The van der Waals surface area contributed by atoms with Crippen molar-refractivity contribution in [3.63, 3.8) is 0 Å². The Kier molecular flexibility index (Phi) is 9.26. The van der Waals surface area contributed by atoms with Gasteiger partial charge in [-0.25, -0.2) is 0 Å². The molecule has 3 rings (SSSR count). The summed E-state index contributed by atoms with van der Waals surface area (Å²) in [6.45, 7) is 4.63. The number of amides is 5. The van der Waals surface area contributed by atoms with Crippen molar-refractivity contribution >= 4 is 40.3 Å². The zero-order valence-electron chi connectivity index (χ0n) is 20.7. The lowest BCUT2D eigenvalue weighted by molar-refractivity contribution is -0.147. The maximum absolute atomic E-state index is 13.4. The summed E-state index contributed by atoms with van der Waals surface area (Å²) in [4.78, 5) is 68.9. The molecule has 3 saturated heterocycles. The molecule has 11 nitrogen and oxygen atoms in total. The van der Waals surface area contributed by atoms with Crippen LogP contribution in [0.5, 0.6) is 0 Å². The van der Waals surface area contributed by atoms with Crippen LogP contribution in [0.15, 0.2) is 0 Å². The lowest BCUT2D eigenvalue weighted by atomic mass is 10.0. The van der Waals surface area contributed by atoms with Crippen molar-refractivity contribution in [1.29, 1.82) is 0 Å². The minimum atomic E-state index is -1.16. The van der Waals surface area contributed by atoms with Crippen LogP contribution in [0, 0.1) is 5.92 Å². The third-order valence-corrected chi connectivity index (χ3v) is 7.73. The predicted octanol–water partition coefficient (Wildman–Crippen LogP) is -1.12. The third kappa shape index (κ3) is 6.59. The maximum Gasteiger partial charge on any atom is 0.246 e. The number of rotatable bonds is 6. The predicted molar refractivity (Wildman–Crippen MR) is 129 cm³/mol. The summed E-state index contributed by atoms with van der Waals surface area (Å²) in [6, 6.07) is -3.43. The molecule has 0 aromatic carbocycles. The van der Waals surface area contributed by atoms with Crippen LogP contribution >= 0.6 is 0 Å². The highest BCUT2D eigenvalue weighted by molar-refractivity contribution is 7.84. The molecular formula is C23H37N5O6S. The van der Waals surface area contributed by atoms with Gasteiger partial charge in [0.25, 0.3) is 0 Å². The quantitative estimate of drug-likeness (QED) is 0.386. The number of fused-ring (bicyclic) bond motifs is 2. The van der Waals surface area contributed by atoms with Crippen LogP contribution in [0.3, 0.4) is 0 Å². The van der Waals surface area contributed by atoms with Crippen LogP contribution in [0.1, 0.15) is 52.4 Å². The van der Waals surface area contributed by atoms with Crippen molar-refractivity contribution in [3.05, 3.63) is 0 Å². The number of carbonyl (C=O) groups excluding carboxylic acids is 5. The Morgan fingerprint density at radius 3 is 2.34 bits per heavy atom. The Bertz CT molecular complexity index is 870. The highest BCUT2D eigenvalue weighted by Crippen LogP contribution is 2.26. The molecule has 3 aliphatic heterocycles. The second-order valence-corrected chi connectivity index (χ2v) is 11.4. The van der Waals surface area contributed by atoms with Crippen LogP contribution < -0.4 is 16.0 Å². The van der Waals surface area contributed by atoms with E-state index in [1.807, 2.05) is 0 Å². The Hall–Kier alpha value is -2.50. The van der Waals surface area contributed by atoms with Gasteiger partial charge in [0.1, 0.15) is 24.2 Å². The molecule has 0 spiro atoms. The van der Waals surface area contributed by atoms with E-state index in [4.69, 9.17) is 0 Å². The molecule has 0 bridgehead atoms. The first-order valence-electron chi connectivity index (χ1n) is 12.4. The summed E-state index contributed by atoms with van der Waals surface area (Å²) >= 11 is 0. The van der Waals surface area contributed by atoms with Gasteiger partial charge in [0.05, 0.1) is 6.42 Å². The molecule has 3 N–H and O–H groups in total. The molecule has 5 atom stereocenters. The van der Waals surface area contributed by atoms with Crippen LogP contribution in [0.25, 0.3) is 0 Å². The normalized spacial score (nSPS) is 28.9. The molecule has 0 aromatic heterocycles. The summed E-state index contributed by atoms with van der Waals surface area (Å²) in [7, 11) is -0.991. The van der Waals surface area contributed by atoms with E-state index in [0.717, 1.165) is 0 Å². The van der Waals surface area contributed by atoms with Gasteiger partial charge in [-0.15, -0.1) is 0 Å². The first-order valence-corrected chi connectivity index (χ1v) is 14.1. The van der Waals surface area contributed by atoms with Gasteiger partial charge in [-0.3, -0.25) is 28.2 Å². The summed E-state index contributed by atoms with van der Waals surface area (Å²) in [5.41, 5.74) is 0. The second-order valence-electron chi connectivity index (χ2n) is 9.85. The fourth-order valence-corrected chi connectivity index (χ4v) is 5.52. The molecule has 12 heteroatoms. The van der Waals surface area contributed by atoms with E-state index in [-0.39, 0.29) is 30.7 Å². The molecule has 3 aliphatic rings. The molecule has 5 amide bonds. The zero-order chi connectivity index (χ0) is 25.7. The largest absolute Gasteiger partial charge is 0.354 e. The molecule has 0 aliphatic carbocycles. The van der Waals surface area contributed by atoms with Gasteiger partial charge in [0.2, 0.25) is 29.5 Å². The molecule has 196 valence electrons. The molecule has 3 heterocycles. The number of nitrogens with zero attached hydrogens (tertiary/aromatic N) is 2. The smallest absolute Gasteiger partial charge is 0.246 e. The van der Waals surface area contributed by atoms with Gasteiger partial charge in [0.15, 0.2) is 0 Å². The average Bonchev–Trinajstić information content (AvgIpc) is 3.48. The van der Waals surface area contributed by atoms with Crippen molar-refractivity contribution in [2.24, 2.45) is 5.92 Å². The van der Waals surface area contributed by atoms with Crippen molar-refractivity contribution in [1.82, 2.24) is 25.8 Å². The zero-order valence-corrected chi connectivity index (χ0v) is 21.5. The van der Waals surface area contributed by atoms with Crippen molar-refractivity contribution in [3.8, 4) is 0 Å². The fourth-order valence-electron chi connectivity index (χ4n) is 4.97. The molecular weight excluding hydrogens is 474 g/mol. The van der Waals surface area contributed by atoms with Gasteiger partial charge >= 0.3 is 0 Å². The second kappa shape index (κ2) is 12.0. The van der Waals surface area contributed by atoms with Gasteiger partial charge in [0, 0.05) is 42.4 Å². The highest BCUT2D eigenvalue weighted by atomic mass is 32.2. The molecule has 0 radical (unpaired) electrons. The Morgan fingerprint density at radius 2 is 1.69 bits per heavy atom. The van der Waals surface area contributed by atoms with Crippen LogP contribution in [0.4, 0.5) is 0 Å². The van der Waals surface area contributed by atoms with E-state index in [9.17, 15) is 28.2 Å². The minimum absolute atomic E-state index is 0.248. The van der Waals surface area contributed by atoms with E-state index in [1.165, 1.54) is 4.90 Å². The SMILES string of the molecule is CC(C)[C@@H]1NC(=O)[C@H]2CCCN2C(=O)[C@@H]2CCCN2C(=O)C[C@@H](C(=O)NCCCS(C)=O)NC1=O. The number of nitrogens with one attached hydrogen (secondary N) is 3. The van der Waals surface area contributed by atoms with Crippen molar-refractivity contribution < 1.29 is 28.2 Å². The van der Waals surface area contributed by atoms with E-state index < -0.39 is 52.7 Å². The van der Waals surface area contributed by atoms with Gasteiger partial charge in [-0.05, 0) is 38.0 Å². The molecule has 0 aromatic rings. The van der Waals surface area contributed by atoms with E-state index in [0.29, 0.717) is 50.9 Å². The Morgan fingerprint density at radius 1 is 1.03 bits per heavy atom. The average molecular weight is 512 g/mol. The fraction of sp³-hybridized carbons (Fsp3) is 0.783. The first kappa shape index (κ1) is 27.1. The summed E-state index contributed by atoms with van der Waals surface area (Å²) in [5, 5.41) is 8.15. The van der Waals surface area contributed by atoms with Crippen molar-refractivity contribution in [2.45, 2.75) is 76.5 Å². The Balaban J connectivity index is 1.87. The number of hydrogen-bond acceptors (Lipinski definition) is 6. The van der Waals surface area contributed by atoms with Crippen LogP contribution in [0.2, 0.25) is 0 Å². The van der Waals surface area contributed by atoms with Gasteiger partial charge < -0.3 is 25.8 Å². The third-order valence-electron chi connectivity index (χ3n) is 6.86. The van der Waals surface area contributed by atoms with Gasteiger partial charge in [-0.2, -0.15) is 0 Å². The summed E-state index contributed by atoms with van der Waals surface area (Å²) in [5.74, 6) is -1.96. The molecule has 1 unspecified atom stereocenters. The lowest BCUT2D eigenvalue weighted by Gasteiger charge is -2.31. The van der Waals surface area contributed by atoms with Crippen molar-refractivity contribution in [2.75, 3.05) is 31.6 Å².